The number of piperidine rings is 1. The first-order chi connectivity index (χ1) is 18.2. The smallest absolute Gasteiger partial charge is 0.253 e. The standard InChI is InChI=1S/C28H27N7O2/c36-28(22-7-6-8-23(17-22)35-20-29-31-32-35)33-15-13-21(14-16-33)18-34-26-12-5-4-11-25(26)30-27(34)19-37-24-9-2-1-3-10-24/h1-12,17,20-21H,13-16,18-19H2. The van der Waals surface area contributed by atoms with Crippen molar-refractivity contribution >= 4 is 16.9 Å². The fourth-order valence-corrected chi connectivity index (χ4v) is 4.92. The van der Waals surface area contributed by atoms with Gasteiger partial charge in [0.2, 0.25) is 0 Å². The van der Waals surface area contributed by atoms with E-state index in [1.165, 1.54) is 6.33 Å². The largest absolute Gasteiger partial charge is 0.486 e. The van der Waals surface area contributed by atoms with Gasteiger partial charge in [0.05, 0.1) is 16.7 Å². The Labute approximate surface area is 214 Å². The number of fused-ring (bicyclic) bond motifs is 1. The summed E-state index contributed by atoms with van der Waals surface area (Å²) in [5.41, 5.74) is 3.51. The van der Waals surface area contributed by atoms with Crippen LogP contribution in [0.2, 0.25) is 0 Å². The third kappa shape index (κ3) is 4.93. The van der Waals surface area contributed by atoms with Crippen LogP contribution < -0.4 is 4.74 Å². The molecule has 0 N–H and O–H groups in total. The van der Waals surface area contributed by atoms with Crippen LogP contribution in [0.4, 0.5) is 0 Å². The predicted octanol–water partition coefficient (Wildman–Crippen LogP) is 4.14. The number of carbonyl (C=O) groups excluding carboxylic acids is 1. The number of nitrogens with zero attached hydrogens (tertiary/aromatic N) is 7. The number of likely N-dealkylation sites (tertiary alicyclic amines) is 1. The van der Waals surface area contributed by atoms with Gasteiger partial charge in [0.1, 0.15) is 24.5 Å². The fraction of sp³-hybridized carbons (Fsp3) is 0.250. The summed E-state index contributed by atoms with van der Waals surface area (Å²) in [5, 5.41) is 11.3. The summed E-state index contributed by atoms with van der Waals surface area (Å²) in [6.07, 6.45) is 3.39. The third-order valence-electron chi connectivity index (χ3n) is 6.89. The molecule has 1 saturated heterocycles. The van der Waals surface area contributed by atoms with Crippen molar-refractivity contribution in [2.45, 2.75) is 26.0 Å². The van der Waals surface area contributed by atoms with Gasteiger partial charge in [-0.1, -0.05) is 36.4 Å². The quantitative estimate of drug-likeness (QED) is 0.338. The molecule has 6 rings (SSSR count). The highest BCUT2D eigenvalue weighted by Crippen LogP contribution is 2.25. The number of ether oxygens (including phenoxy) is 1. The lowest BCUT2D eigenvalue weighted by Gasteiger charge is -2.32. The minimum atomic E-state index is 0.0402. The summed E-state index contributed by atoms with van der Waals surface area (Å²) >= 11 is 0. The number of imidazole rings is 1. The Morgan fingerprint density at radius 2 is 1.76 bits per heavy atom. The van der Waals surface area contributed by atoms with E-state index in [0.717, 1.165) is 60.8 Å². The van der Waals surface area contributed by atoms with Crippen LogP contribution in [0, 0.1) is 5.92 Å². The SMILES string of the molecule is O=C(c1cccc(-n2cnnn2)c1)N1CCC(Cn2c(COc3ccccc3)nc3ccccc32)CC1. The molecular weight excluding hydrogens is 466 g/mol. The van der Waals surface area contributed by atoms with Crippen LogP contribution in [-0.4, -0.2) is 53.7 Å². The fourth-order valence-electron chi connectivity index (χ4n) is 4.92. The van der Waals surface area contributed by atoms with Crippen molar-refractivity contribution in [3.8, 4) is 11.4 Å². The number of hydrogen-bond acceptors (Lipinski definition) is 6. The van der Waals surface area contributed by atoms with Crippen molar-refractivity contribution < 1.29 is 9.53 Å². The molecule has 0 spiro atoms. The molecule has 1 aliphatic heterocycles. The molecule has 37 heavy (non-hydrogen) atoms. The van der Waals surface area contributed by atoms with Crippen LogP contribution in [-0.2, 0) is 13.2 Å². The molecule has 186 valence electrons. The first-order valence-electron chi connectivity index (χ1n) is 12.5. The summed E-state index contributed by atoms with van der Waals surface area (Å²) in [4.78, 5) is 20.0. The van der Waals surface area contributed by atoms with Crippen LogP contribution in [0.15, 0.2) is 85.2 Å². The second kappa shape index (κ2) is 10.2. The molecule has 0 radical (unpaired) electrons. The normalized spacial score (nSPS) is 14.2. The van der Waals surface area contributed by atoms with Crippen LogP contribution >= 0.6 is 0 Å². The van der Waals surface area contributed by atoms with Gasteiger partial charge in [-0.15, -0.1) is 5.10 Å². The second-order valence-corrected chi connectivity index (χ2v) is 9.27. The van der Waals surface area contributed by atoms with Crippen molar-refractivity contribution in [3.05, 3.63) is 96.6 Å². The monoisotopic (exact) mass is 493 g/mol. The molecule has 1 amide bonds. The van der Waals surface area contributed by atoms with E-state index < -0.39 is 0 Å². The number of amides is 1. The van der Waals surface area contributed by atoms with E-state index in [9.17, 15) is 4.79 Å². The van der Waals surface area contributed by atoms with Gasteiger partial charge in [0.15, 0.2) is 0 Å². The zero-order valence-electron chi connectivity index (χ0n) is 20.3. The lowest BCUT2D eigenvalue weighted by Crippen LogP contribution is -2.39. The van der Waals surface area contributed by atoms with Gasteiger partial charge in [0.25, 0.3) is 5.91 Å². The molecule has 0 unspecified atom stereocenters. The van der Waals surface area contributed by atoms with Crippen molar-refractivity contribution in [2.75, 3.05) is 13.1 Å². The number of rotatable bonds is 7. The Bertz CT molecular complexity index is 1490. The van der Waals surface area contributed by atoms with Gasteiger partial charge < -0.3 is 14.2 Å². The van der Waals surface area contributed by atoms with Crippen LogP contribution in [0.25, 0.3) is 16.7 Å². The van der Waals surface area contributed by atoms with E-state index in [1.807, 2.05) is 77.7 Å². The van der Waals surface area contributed by atoms with E-state index in [1.54, 1.807) is 4.68 Å². The first kappa shape index (κ1) is 22.9. The Balaban J connectivity index is 1.13. The Hall–Kier alpha value is -4.53. The Morgan fingerprint density at radius 1 is 0.946 bits per heavy atom. The number of benzene rings is 3. The number of aromatic nitrogens is 6. The zero-order chi connectivity index (χ0) is 25.0. The molecule has 1 aliphatic rings. The molecule has 1 fully saturated rings. The summed E-state index contributed by atoms with van der Waals surface area (Å²) in [5.74, 6) is 2.24. The van der Waals surface area contributed by atoms with Gasteiger partial charge in [0, 0.05) is 25.2 Å². The van der Waals surface area contributed by atoms with E-state index in [2.05, 4.69) is 26.2 Å². The number of carbonyl (C=O) groups is 1. The second-order valence-electron chi connectivity index (χ2n) is 9.27. The van der Waals surface area contributed by atoms with Crippen LogP contribution in [0.5, 0.6) is 5.75 Å². The molecular formula is C28H27N7O2. The maximum absolute atomic E-state index is 13.2. The Kier molecular flexibility index (Phi) is 6.33. The summed E-state index contributed by atoms with van der Waals surface area (Å²) in [6.45, 7) is 2.71. The molecule has 2 aromatic heterocycles. The van der Waals surface area contributed by atoms with E-state index in [4.69, 9.17) is 9.72 Å². The lowest BCUT2D eigenvalue weighted by atomic mass is 9.96. The number of hydrogen-bond donors (Lipinski definition) is 0. The van der Waals surface area contributed by atoms with E-state index >= 15 is 0 Å². The molecule has 0 aliphatic carbocycles. The highest BCUT2D eigenvalue weighted by atomic mass is 16.5. The minimum absolute atomic E-state index is 0.0402. The van der Waals surface area contributed by atoms with Gasteiger partial charge in [-0.05, 0) is 71.7 Å². The Morgan fingerprint density at radius 3 is 2.57 bits per heavy atom. The van der Waals surface area contributed by atoms with Crippen molar-refractivity contribution in [1.29, 1.82) is 0 Å². The molecule has 9 heteroatoms. The topological polar surface area (TPSA) is 91.0 Å². The third-order valence-corrected chi connectivity index (χ3v) is 6.89. The maximum atomic E-state index is 13.2. The molecule has 0 atom stereocenters. The van der Waals surface area contributed by atoms with Crippen LogP contribution in [0.3, 0.4) is 0 Å². The average Bonchev–Trinajstić information content (AvgIpc) is 3.62. The van der Waals surface area contributed by atoms with Crippen molar-refractivity contribution in [2.24, 2.45) is 5.92 Å². The molecule has 3 aromatic carbocycles. The van der Waals surface area contributed by atoms with Gasteiger partial charge in [-0.3, -0.25) is 4.79 Å². The summed E-state index contributed by atoms with van der Waals surface area (Å²) in [6, 6.07) is 25.5. The van der Waals surface area contributed by atoms with Crippen molar-refractivity contribution in [1.82, 2.24) is 34.7 Å². The highest BCUT2D eigenvalue weighted by molar-refractivity contribution is 5.94. The molecule has 3 heterocycles. The number of tetrazole rings is 1. The van der Waals surface area contributed by atoms with Gasteiger partial charge >= 0.3 is 0 Å². The van der Waals surface area contributed by atoms with Crippen LogP contribution in [0.1, 0.15) is 29.0 Å². The first-order valence-corrected chi connectivity index (χ1v) is 12.5. The molecule has 0 saturated carbocycles. The summed E-state index contributed by atoms with van der Waals surface area (Å²) in [7, 11) is 0. The van der Waals surface area contributed by atoms with Crippen molar-refractivity contribution in [3.63, 3.8) is 0 Å². The van der Waals surface area contributed by atoms with E-state index in [-0.39, 0.29) is 5.91 Å². The lowest BCUT2D eigenvalue weighted by molar-refractivity contribution is 0.0682. The zero-order valence-corrected chi connectivity index (χ0v) is 20.3. The maximum Gasteiger partial charge on any atom is 0.253 e. The van der Waals surface area contributed by atoms with E-state index in [0.29, 0.717) is 18.1 Å². The molecule has 5 aromatic rings. The minimum Gasteiger partial charge on any atom is -0.486 e. The molecule has 0 bridgehead atoms. The van der Waals surface area contributed by atoms with Gasteiger partial charge in [-0.25, -0.2) is 9.67 Å². The number of para-hydroxylation sites is 3. The average molecular weight is 494 g/mol. The van der Waals surface area contributed by atoms with Gasteiger partial charge in [-0.2, -0.15) is 0 Å². The predicted molar refractivity (Wildman–Crippen MR) is 138 cm³/mol. The molecule has 9 nitrogen and oxygen atoms in total. The highest BCUT2D eigenvalue weighted by Gasteiger charge is 2.25. The summed E-state index contributed by atoms with van der Waals surface area (Å²) < 4.78 is 9.88.